The quantitative estimate of drug-likeness (QED) is 0.466. The summed E-state index contributed by atoms with van der Waals surface area (Å²) in [4.78, 5) is 14.6. The number of nitrogens with two attached hydrogens (primary N) is 1. The molecule has 0 aliphatic carbocycles. The number of aliphatic imine (C=N–C) groups is 1. The van der Waals surface area contributed by atoms with Gasteiger partial charge < -0.3 is 10.6 Å². The van der Waals surface area contributed by atoms with Crippen molar-refractivity contribution in [3.05, 3.63) is 0 Å². The molecule has 0 aromatic rings. The molecule has 0 bridgehead atoms. The molecule has 2 N–H and O–H groups in total. The Morgan fingerprint density at radius 1 is 2.00 bits per heavy atom. The molecular formula is C4H8ClN3O. The fourth-order valence-corrected chi connectivity index (χ4v) is 0.440. The van der Waals surface area contributed by atoms with E-state index in [1.165, 1.54) is 0 Å². The van der Waals surface area contributed by atoms with Crippen LogP contribution in [0.4, 0.5) is 0 Å². The van der Waals surface area contributed by atoms with Crippen LogP contribution in [-0.4, -0.2) is 30.3 Å². The Morgan fingerprint density at radius 2 is 2.67 bits per heavy atom. The van der Waals surface area contributed by atoms with Gasteiger partial charge in [-0.1, -0.05) is 0 Å². The van der Waals surface area contributed by atoms with Crippen LogP contribution in [0.2, 0.25) is 0 Å². The van der Waals surface area contributed by atoms with Crippen molar-refractivity contribution in [2.75, 3.05) is 13.5 Å². The van der Waals surface area contributed by atoms with E-state index in [1.807, 2.05) is 0 Å². The molecule has 9 heavy (non-hydrogen) atoms. The molecule has 1 amide bonds. The fourth-order valence-electron chi connectivity index (χ4n) is 0.440. The van der Waals surface area contributed by atoms with E-state index in [1.54, 1.807) is 0 Å². The molecule has 0 spiro atoms. The average molecular weight is 156 g/mol. The third-order valence-corrected chi connectivity index (χ3v) is 0.809. The van der Waals surface area contributed by atoms with Crippen LogP contribution in [0.1, 0.15) is 4.11 Å². The lowest BCUT2D eigenvalue weighted by Crippen LogP contribution is -2.29. The van der Waals surface area contributed by atoms with Crippen LogP contribution in [-0.2, 0) is 4.79 Å². The van der Waals surface area contributed by atoms with Crippen LogP contribution < -0.4 is 5.73 Å². The predicted octanol–water partition coefficient (Wildman–Crippen LogP) is -0.805. The molecule has 5 heteroatoms. The third kappa shape index (κ3) is 1.57. The summed E-state index contributed by atoms with van der Waals surface area (Å²) in [6, 6.07) is 0. The van der Waals surface area contributed by atoms with Crippen molar-refractivity contribution in [1.82, 2.24) is 4.90 Å². The SMILES string of the molecule is Cl.[2H][13C]([2H])([2H])N1[13CH2][13C](=O)N=C1N. The van der Waals surface area contributed by atoms with Gasteiger partial charge in [-0.15, -0.1) is 12.4 Å². The van der Waals surface area contributed by atoms with Crippen molar-refractivity contribution in [1.29, 1.82) is 0 Å². The molecule has 4 nitrogen and oxygen atoms in total. The zero-order chi connectivity index (χ0) is 8.65. The van der Waals surface area contributed by atoms with Crippen molar-refractivity contribution in [2.45, 2.75) is 0 Å². The molecule has 0 fully saturated rings. The fraction of sp³-hybridized carbons (Fsp3) is 0.500. The smallest absolute Gasteiger partial charge is 0.268 e. The molecule has 0 atom stereocenters. The molecule has 1 rings (SSSR count). The Bertz CT molecular complexity index is 226. The van der Waals surface area contributed by atoms with Crippen LogP contribution >= 0.6 is 12.4 Å². The first-order valence-corrected chi connectivity index (χ1v) is 2.06. The number of rotatable bonds is 0. The highest BCUT2D eigenvalue weighted by Gasteiger charge is 2.15. The Hall–Kier alpha value is -0.770. The summed E-state index contributed by atoms with van der Waals surface area (Å²) < 4.78 is 20.7. The summed E-state index contributed by atoms with van der Waals surface area (Å²) in [5.74, 6) is -0.742. The molecule has 0 radical (unpaired) electrons. The minimum atomic E-state index is -2.36. The van der Waals surface area contributed by atoms with E-state index in [0.29, 0.717) is 0 Å². The summed E-state index contributed by atoms with van der Waals surface area (Å²) in [6.45, 7) is -2.61. The van der Waals surface area contributed by atoms with Gasteiger partial charge in [-0.25, -0.2) is 0 Å². The highest BCUT2D eigenvalue weighted by atomic mass is 35.5. The van der Waals surface area contributed by atoms with Gasteiger partial charge in [0.1, 0.15) is 6.54 Å². The zero-order valence-corrected chi connectivity index (χ0v) is 5.31. The van der Waals surface area contributed by atoms with Gasteiger partial charge in [0.2, 0.25) is 0 Å². The van der Waals surface area contributed by atoms with E-state index >= 15 is 0 Å². The Kier molecular flexibility index (Phi) is 1.22. The number of amides is 1. The molecule has 52 valence electrons. The molecule has 0 saturated heterocycles. The van der Waals surface area contributed by atoms with E-state index in [4.69, 9.17) is 9.85 Å². The van der Waals surface area contributed by atoms with Gasteiger partial charge in [0.25, 0.3) is 5.91 Å². The lowest BCUT2D eigenvalue weighted by Gasteiger charge is -2.05. The summed E-state index contributed by atoms with van der Waals surface area (Å²) in [7, 11) is 0. The molecule has 1 heterocycles. The van der Waals surface area contributed by atoms with Gasteiger partial charge in [-0.2, -0.15) is 4.99 Å². The van der Waals surface area contributed by atoms with Gasteiger partial charge in [-0.05, 0) is 0 Å². The Labute approximate surface area is 63.4 Å². The average Bonchev–Trinajstić information content (AvgIpc) is 2.08. The number of carbonyl (C=O) groups is 1. The lowest BCUT2D eigenvalue weighted by atomic mass is 11.0. The first-order valence-electron chi connectivity index (χ1n) is 3.56. The van der Waals surface area contributed by atoms with Crippen LogP contribution in [0.3, 0.4) is 0 Å². The second kappa shape index (κ2) is 2.68. The number of halogens is 1. The second-order valence-corrected chi connectivity index (χ2v) is 1.45. The number of hydrogen-bond donors (Lipinski definition) is 1. The number of carbonyl (C=O) groups excluding carboxylic acids is 1. The maximum atomic E-state index is 10.6. The Morgan fingerprint density at radius 3 is 2.89 bits per heavy atom. The van der Waals surface area contributed by atoms with Gasteiger partial charge >= 0.3 is 0 Å². The summed E-state index contributed by atoms with van der Waals surface area (Å²) >= 11 is 0. The van der Waals surface area contributed by atoms with E-state index in [-0.39, 0.29) is 24.9 Å². The minimum Gasteiger partial charge on any atom is -0.369 e. The summed E-state index contributed by atoms with van der Waals surface area (Å²) in [6.07, 6.45) is 0. The molecule has 0 aromatic carbocycles. The van der Waals surface area contributed by atoms with E-state index in [2.05, 4.69) is 4.99 Å². The topological polar surface area (TPSA) is 58.7 Å². The molecule has 0 saturated carbocycles. The van der Waals surface area contributed by atoms with Gasteiger partial charge in [0.05, 0.1) is 0 Å². The first-order chi connectivity index (χ1) is 4.91. The standard InChI is InChI=1S/C4H7N3O.ClH/c1-7-2-3(8)6-4(7)5;/h2H2,1H3,(H2,5,6,8);1H/i1+1D3,2+1,3+1;. The van der Waals surface area contributed by atoms with Crippen LogP contribution in [0, 0.1) is 0 Å². The molecule has 1 aliphatic rings. The number of nitrogens with zero attached hydrogens (tertiary/aromatic N) is 2. The van der Waals surface area contributed by atoms with E-state index in [9.17, 15) is 4.79 Å². The van der Waals surface area contributed by atoms with Crippen LogP contribution in [0.15, 0.2) is 4.99 Å². The zero-order valence-electron chi connectivity index (χ0n) is 7.50. The normalized spacial score (nSPS) is 23.6. The molecular weight excluding hydrogens is 144 g/mol. The number of likely N-dealkylation sites (N-methyl/N-ethyl adjacent to an activating group) is 1. The van der Waals surface area contributed by atoms with Crippen molar-refractivity contribution < 1.29 is 8.91 Å². The maximum Gasteiger partial charge on any atom is 0.268 e. The summed E-state index contributed by atoms with van der Waals surface area (Å²) in [5.41, 5.74) is 5.15. The second-order valence-electron chi connectivity index (χ2n) is 1.45. The molecule has 0 unspecified atom stereocenters. The van der Waals surface area contributed by atoms with E-state index < -0.39 is 12.9 Å². The van der Waals surface area contributed by atoms with E-state index in [0.717, 1.165) is 4.90 Å². The van der Waals surface area contributed by atoms with Crippen molar-refractivity contribution in [2.24, 2.45) is 10.7 Å². The van der Waals surface area contributed by atoms with Gasteiger partial charge in [-0.3, -0.25) is 4.79 Å². The number of guanidine groups is 1. The third-order valence-electron chi connectivity index (χ3n) is 0.809. The Balaban J connectivity index is 0.00000121. The van der Waals surface area contributed by atoms with Gasteiger partial charge in [0, 0.05) is 11.1 Å². The van der Waals surface area contributed by atoms with Gasteiger partial charge in [0.15, 0.2) is 5.96 Å². The highest BCUT2D eigenvalue weighted by Crippen LogP contribution is 1.92. The molecule has 1 aliphatic heterocycles. The van der Waals surface area contributed by atoms with Crippen molar-refractivity contribution in [3.8, 4) is 0 Å². The monoisotopic (exact) mass is 155 g/mol. The molecule has 0 aromatic heterocycles. The van der Waals surface area contributed by atoms with Crippen LogP contribution in [0.25, 0.3) is 0 Å². The van der Waals surface area contributed by atoms with Crippen LogP contribution in [0.5, 0.6) is 0 Å². The largest absolute Gasteiger partial charge is 0.369 e. The lowest BCUT2D eigenvalue weighted by molar-refractivity contribution is -0.116. The number of hydrogen-bond acceptors (Lipinski definition) is 3. The first kappa shape index (κ1) is 4.11. The predicted molar refractivity (Wildman–Crippen MR) is 36.5 cm³/mol. The maximum absolute atomic E-state index is 10.6. The summed E-state index contributed by atoms with van der Waals surface area (Å²) in [5, 5.41) is 0. The van der Waals surface area contributed by atoms with Crippen molar-refractivity contribution in [3.63, 3.8) is 0 Å². The van der Waals surface area contributed by atoms with Crippen molar-refractivity contribution >= 4 is 24.3 Å². The minimum absolute atomic E-state index is 0. The highest BCUT2D eigenvalue weighted by molar-refractivity contribution is 5.99.